The molecule has 9 atom stereocenters. The van der Waals surface area contributed by atoms with E-state index in [0.29, 0.717) is 48.0 Å². The van der Waals surface area contributed by atoms with E-state index >= 15 is 0 Å². The number of amides is 10. The Kier molecular flexibility index (Phi) is 32.4. The fourth-order valence-electron chi connectivity index (χ4n) is 10.5. The van der Waals surface area contributed by atoms with Crippen molar-refractivity contribution in [3.8, 4) is 5.75 Å². The largest absolute Gasteiger partial charge is 0.617 e. The molecule has 95 heavy (non-hydrogen) atoms. The first-order valence-electron chi connectivity index (χ1n) is 31.4. The molecule has 522 valence electrons. The van der Waals surface area contributed by atoms with Gasteiger partial charge in [0.2, 0.25) is 59.1 Å². The Morgan fingerprint density at radius 1 is 0.726 bits per heavy atom. The number of carboxylic acids is 1. The molecule has 2 aliphatic heterocycles. The Morgan fingerprint density at radius 2 is 1.25 bits per heavy atom. The number of nitrogens with one attached hydrogen (secondary N) is 13. The molecule has 0 aliphatic carbocycles. The molecule has 0 saturated carbocycles. The number of likely N-dealkylation sites (N-methyl/N-ethyl adjacent to an activating group) is 1. The highest BCUT2D eigenvalue weighted by atomic mass is 32.2. The molecule has 32 heteroatoms. The Morgan fingerprint density at radius 3 is 1.78 bits per heavy atom. The molecule has 0 radical (unpaired) electrons. The van der Waals surface area contributed by atoms with E-state index in [0.717, 1.165) is 12.4 Å². The number of aliphatic hydroxyl groups is 1. The van der Waals surface area contributed by atoms with Gasteiger partial charge in [-0.2, -0.15) is 0 Å². The van der Waals surface area contributed by atoms with Crippen LogP contribution in [0.4, 0.5) is 0 Å². The maximum atomic E-state index is 14.7. The van der Waals surface area contributed by atoms with Gasteiger partial charge in [-0.1, -0.05) is 69.2 Å². The highest BCUT2D eigenvalue weighted by Crippen LogP contribution is 2.22. The molecule has 2 saturated heterocycles. The average Bonchev–Trinajstić information content (AvgIpc) is 1.77. The van der Waals surface area contributed by atoms with Crippen molar-refractivity contribution >= 4 is 93.1 Å². The number of phenols is 1. The van der Waals surface area contributed by atoms with Crippen molar-refractivity contribution in [2.75, 3.05) is 38.8 Å². The topological polar surface area (TPSA) is 489 Å². The lowest BCUT2D eigenvalue weighted by Gasteiger charge is -2.31. The first kappa shape index (κ1) is 78.1. The molecule has 18 N–H and O–H groups in total. The number of imidazole rings is 1. The highest BCUT2D eigenvalue weighted by Gasteiger charge is 2.40. The van der Waals surface area contributed by atoms with Gasteiger partial charge in [-0.15, -0.1) is 0 Å². The van der Waals surface area contributed by atoms with Gasteiger partial charge in [0.1, 0.15) is 60.1 Å². The third-order valence-electron chi connectivity index (χ3n) is 14.9. The summed E-state index contributed by atoms with van der Waals surface area (Å²) < 4.78 is 9.56. The number of fused-ring (bicyclic) bond motifs is 1. The number of nitrogens with zero attached hydrogens (tertiary/aromatic N) is 2. The SMILES string of the molecule is CC(=O)O.CCNC(=O)[C@@H]1CCCN1C(=O)[C@H](CCCNC(=N)N)NC(=O)[C@H](CC(C)C)NC(=O)[C@@H](CC(C)C)NC(=O)[C@H](Cc1ccc(O)cc1)NC(=O)[C@H](CO)NC(=O)[C@H](Cc1c[nH]c2ccccc12)NC(=O)[C@H](Cc1cnc[nH]1)NC(=O)[C@@H]1CCC(=O)N1.C[S+](C)[O-]. The fraction of sp³-hybridized carbons (Fsp3) is 0.540. The van der Waals surface area contributed by atoms with Gasteiger partial charge in [-0.3, -0.25) is 58.1 Å². The van der Waals surface area contributed by atoms with Gasteiger partial charge in [-0.25, -0.2) is 4.98 Å². The number of carbonyl (C=O) groups excluding carboxylic acids is 10. The third-order valence-corrected chi connectivity index (χ3v) is 14.9. The number of aliphatic hydroxyl groups excluding tert-OH is 1. The molecule has 31 nitrogen and oxygen atoms in total. The number of benzene rings is 2. The van der Waals surface area contributed by atoms with Gasteiger partial charge in [-0.05, 0) is 93.0 Å². The second-order valence-corrected chi connectivity index (χ2v) is 25.6. The summed E-state index contributed by atoms with van der Waals surface area (Å²) in [6.45, 7) is 9.96. The summed E-state index contributed by atoms with van der Waals surface area (Å²) in [7, 11) is 0. The predicted molar refractivity (Wildman–Crippen MR) is 353 cm³/mol. The molecular formula is C63H94N16O15S. The number of guanidine groups is 1. The van der Waals surface area contributed by atoms with E-state index in [-0.39, 0.29) is 99.8 Å². The summed E-state index contributed by atoms with van der Waals surface area (Å²) in [6.07, 6.45) is 9.09. The minimum absolute atomic E-state index is 0.0380. The number of rotatable bonds is 32. The maximum Gasteiger partial charge on any atom is 0.300 e. The number of carbonyl (C=O) groups is 11. The van der Waals surface area contributed by atoms with E-state index in [9.17, 15) is 62.7 Å². The van der Waals surface area contributed by atoms with E-state index in [1.807, 2.05) is 19.9 Å². The average molecular weight is 1350 g/mol. The van der Waals surface area contributed by atoms with Crippen LogP contribution < -0.4 is 58.9 Å². The first-order valence-corrected chi connectivity index (χ1v) is 33.4. The minimum atomic E-state index is -1.75. The number of carboxylic acid groups (broad SMARTS) is 1. The molecule has 4 heterocycles. The standard InChI is InChI=1S/C59H84N16O12.C2H4O2.C2H6OS/c1-6-63-57(86)48-14-10-22-75(48)58(87)41(13-9-21-64-59(60)61)68-51(80)42(23-32(2)3)69-52(81)43(24-33(4)5)70-53(82)44(25-34-15-17-37(77)18-16-34)71-56(85)47(30-76)74-54(83)45(26-35-28-65-39-12-8-7-11-38(35)39)72-55(84)46(27-36-29-62-31-66-36)73-50(79)40-19-20-49(78)67-40;1-2(3)4;1-4(2)3/h7-8,11-12,15-18,28-29,31-33,40-48,65,76-77H,6,9-10,13-14,19-27,30H2,1-5H3,(H,62,66)(H,63,86)(H,67,78)(H,68,80)(H,69,81)(H,70,82)(H,71,85)(H,72,84)(H,73,79)(H,74,83)(H4,60,61,64);1H3,(H,3,4);1-2H3/t40-,41-,42-,43+,44-,45-,46-,47-,48-;;/m0../s1. The molecule has 2 aromatic heterocycles. The lowest BCUT2D eigenvalue weighted by Crippen LogP contribution is -2.61. The second-order valence-electron chi connectivity index (χ2n) is 24.1. The summed E-state index contributed by atoms with van der Waals surface area (Å²) >= 11 is -0.611. The van der Waals surface area contributed by atoms with Crippen LogP contribution in [0.5, 0.6) is 5.75 Å². The van der Waals surface area contributed by atoms with Gasteiger partial charge >= 0.3 is 0 Å². The van der Waals surface area contributed by atoms with Crippen molar-refractivity contribution < 1.29 is 72.6 Å². The van der Waals surface area contributed by atoms with Crippen molar-refractivity contribution in [1.29, 1.82) is 5.41 Å². The number of hydrogen-bond acceptors (Lipinski definition) is 16. The summed E-state index contributed by atoms with van der Waals surface area (Å²) in [5.41, 5.74) is 7.69. The van der Waals surface area contributed by atoms with Crippen LogP contribution in [-0.4, -0.2) is 204 Å². The van der Waals surface area contributed by atoms with Crippen molar-refractivity contribution in [1.82, 2.24) is 73.0 Å². The number of H-pyrrole nitrogens is 2. The summed E-state index contributed by atoms with van der Waals surface area (Å²) in [6, 6.07) is 1.56. The molecule has 6 rings (SSSR count). The van der Waals surface area contributed by atoms with E-state index in [4.69, 9.17) is 21.0 Å². The van der Waals surface area contributed by atoms with Gasteiger partial charge < -0.3 is 93.6 Å². The van der Waals surface area contributed by atoms with Crippen LogP contribution in [0.25, 0.3) is 10.9 Å². The number of para-hydroxylation sites is 1. The fourth-order valence-corrected chi connectivity index (χ4v) is 10.5. The number of aliphatic carboxylic acids is 1. The molecule has 4 aromatic rings. The van der Waals surface area contributed by atoms with Gasteiger partial charge in [0, 0.05) is 81.2 Å². The van der Waals surface area contributed by atoms with Crippen molar-refractivity contribution in [2.45, 2.75) is 167 Å². The summed E-state index contributed by atoms with van der Waals surface area (Å²) in [4.78, 5) is 160. The predicted octanol–water partition coefficient (Wildman–Crippen LogP) is -1.14. The number of nitrogens with two attached hydrogens (primary N) is 1. The number of aromatic nitrogens is 3. The number of aromatic amines is 2. The van der Waals surface area contributed by atoms with Crippen LogP contribution in [0.15, 0.2) is 67.3 Å². The van der Waals surface area contributed by atoms with Crippen LogP contribution in [0.3, 0.4) is 0 Å². The van der Waals surface area contributed by atoms with Crippen molar-refractivity contribution in [3.05, 3.63) is 84.1 Å². The molecular weight excluding hydrogens is 1250 g/mol. The molecule has 0 bridgehead atoms. The van der Waals surface area contributed by atoms with E-state index in [1.54, 1.807) is 57.7 Å². The molecule has 0 spiro atoms. The quantitative estimate of drug-likeness (QED) is 0.0119. The number of aromatic hydroxyl groups is 1. The normalized spacial score (nSPS) is 16.3. The first-order chi connectivity index (χ1) is 45.0. The van der Waals surface area contributed by atoms with Gasteiger partial charge in [0.15, 0.2) is 5.96 Å². The number of likely N-dealkylation sites (tertiary alicyclic amines) is 1. The zero-order valence-corrected chi connectivity index (χ0v) is 55.7. The smallest absolute Gasteiger partial charge is 0.300 e. The van der Waals surface area contributed by atoms with E-state index < -0.39 is 125 Å². The van der Waals surface area contributed by atoms with Crippen LogP contribution in [0.1, 0.15) is 110 Å². The van der Waals surface area contributed by atoms with Gasteiger partial charge in [0.05, 0.1) is 25.4 Å². The molecule has 10 amide bonds. The van der Waals surface area contributed by atoms with E-state index in [2.05, 4.69) is 68.1 Å². The zero-order valence-electron chi connectivity index (χ0n) is 54.9. The minimum Gasteiger partial charge on any atom is -0.617 e. The third kappa shape index (κ3) is 26.9. The molecule has 2 fully saturated rings. The molecule has 2 aromatic carbocycles. The van der Waals surface area contributed by atoms with Crippen LogP contribution >= 0.6 is 0 Å². The Labute approximate surface area is 554 Å². The number of hydrogen-bond donors (Lipinski definition) is 17. The Balaban J connectivity index is 0.00000227. The monoisotopic (exact) mass is 1350 g/mol. The van der Waals surface area contributed by atoms with Crippen LogP contribution in [0, 0.1) is 17.2 Å². The van der Waals surface area contributed by atoms with Crippen LogP contribution in [-0.2, 0) is 83.2 Å². The summed E-state index contributed by atoms with van der Waals surface area (Å²) in [5.74, 6) is -8.53. The van der Waals surface area contributed by atoms with Gasteiger partial charge in [0.25, 0.3) is 5.97 Å². The number of phenolic OH excluding ortho intramolecular Hbond substituents is 1. The van der Waals surface area contributed by atoms with Crippen LogP contribution in [0.2, 0.25) is 0 Å². The van der Waals surface area contributed by atoms with Crippen molar-refractivity contribution in [2.24, 2.45) is 17.6 Å². The Hall–Kier alpha value is -9.30. The lowest BCUT2D eigenvalue weighted by molar-refractivity contribution is -0.142. The Bertz CT molecular complexity index is 3210. The second kappa shape index (κ2) is 39.4. The van der Waals surface area contributed by atoms with Crippen molar-refractivity contribution in [3.63, 3.8) is 0 Å². The lowest BCUT2D eigenvalue weighted by atomic mass is 9.98. The molecule has 0 unspecified atom stereocenters. The summed E-state index contributed by atoms with van der Waals surface area (Å²) in [5, 5.41) is 63.5. The van der Waals surface area contributed by atoms with E-state index in [1.165, 1.54) is 41.7 Å². The highest BCUT2D eigenvalue weighted by molar-refractivity contribution is 7.89. The maximum absolute atomic E-state index is 14.7. The molecule has 2 aliphatic rings. The zero-order chi connectivity index (χ0) is 70.5.